The highest BCUT2D eigenvalue weighted by molar-refractivity contribution is 5.94. The van der Waals surface area contributed by atoms with Gasteiger partial charge in [0, 0.05) is 19.0 Å². The fraction of sp³-hybridized carbons (Fsp3) is 0.444. The molecule has 1 aliphatic carbocycles. The molecule has 1 saturated carbocycles. The van der Waals surface area contributed by atoms with E-state index < -0.39 is 29.5 Å². The molecule has 4 rings (SSSR count). The van der Waals surface area contributed by atoms with Crippen molar-refractivity contribution < 1.29 is 27.9 Å². The van der Waals surface area contributed by atoms with Crippen LogP contribution in [-0.2, 0) is 11.0 Å². The molecule has 0 spiro atoms. The number of nitrogens with zero attached hydrogens (tertiary/aromatic N) is 4. The zero-order valence-electron chi connectivity index (χ0n) is 14.7. The van der Waals surface area contributed by atoms with E-state index in [-0.39, 0.29) is 23.8 Å². The Morgan fingerprint density at radius 2 is 1.93 bits per heavy atom. The van der Waals surface area contributed by atoms with Gasteiger partial charge in [0.25, 0.3) is 5.91 Å². The number of aromatic nitrogens is 3. The highest BCUT2D eigenvalue weighted by Crippen LogP contribution is 2.42. The van der Waals surface area contributed by atoms with Gasteiger partial charge in [0.1, 0.15) is 0 Å². The van der Waals surface area contributed by atoms with Crippen molar-refractivity contribution in [1.29, 1.82) is 0 Å². The number of carbonyl (C=O) groups excluding carboxylic acids is 1. The van der Waals surface area contributed by atoms with Gasteiger partial charge in [-0.2, -0.15) is 13.2 Å². The van der Waals surface area contributed by atoms with Crippen molar-refractivity contribution in [1.82, 2.24) is 19.9 Å². The molecule has 1 N–H and O–H groups in total. The minimum atomic E-state index is -4.49. The third-order valence-corrected chi connectivity index (χ3v) is 5.11. The lowest BCUT2D eigenvalue weighted by Gasteiger charge is -2.15. The van der Waals surface area contributed by atoms with E-state index in [0.29, 0.717) is 18.7 Å². The third-order valence-electron chi connectivity index (χ3n) is 5.11. The number of amides is 1. The van der Waals surface area contributed by atoms with Crippen LogP contribution in [0.3, 0.4) is 0 Å². The standard InChI is InChI=1S/C18H17F3N4O3/c19-18(20,21)12-2-1-3-13(8-12)25-15(10-4-5-10)14(22-23-25)16(26)24-7-6-11(9-24)17(27)28/h1-3,8,10-11H,4-7,9H2,(H,27,28). The maximum absolute atomic E-state index is 13.0. The monoisotopic (exact) mass is 394 g/mol. The molecular formula is C18H17F3N4O3. The maximum Gasteiger partial charge on any atom is 0.416 e. The summed E-state index contributed by atoms with van der Waals surface area (Å²) in [4.78, 5) is 25.4. The molecular weight excluding hydrogens is 377 g/mol. The summed E-state index contributed by atoms with van der Waals surface area (Å²) in [6.45, 7) is 0.394. The van der Waals surface area contributed by atoms with Crippen LogP contribution in [0.4, 0.5) is 13.2 Å². The Morgan fingerprint density at radius 3 is 2.54 bits per heavy atom. The molecule has 1 aromatic carbocycles. The number of carboxylic acid groups (broad SMARTS) is 1. The Morgan fingerprint density at radius 1 is 1.18 bits per heavy atom. The summed E-state index contributed by atoms with van der Waals surface area (Å²) < 4.78 is 40.4. The first-order valence-corrected chi connectivity index (χ1v) is 8.91. The molecule has 1 aliphatic heterocycles. The van der Waals surface area contributed by atoms with E-state index in [1.54, 1.807) is 0 Å². The van der Waals surface area contributed by atoms with Crippen LogP contribution in [0.1, 0.15) is 46.9 Å². The number of rotatable bonds is 4. The van der Waals surface area contributed by atoms with Crippen LogP contribution in [0.25, 0.3) is 5.69 Å². The molecule has 1 amide bonds. The lowest BCUT2D eigenvalue weighted by atomic mass is 10.1. The van der Waals surface area contributed by atoms with Gasteiger partial charge in [0.2, 0.25) is 0 Å². The average molecular weight is 394 g/mol. The quantitative estimate of drug-likeness (QED) is 0.862. The number of benzene rings is 1. The second-order valence-corrected chi connectivity index (χ2v) is 7.13. The average Bonchev–Trinajstić information content (AvgIpc) is 3.20. The Balaban J connectivity index is 1.68. The molecule has 0 radical (unpaired) electrons. The minimum Gasteiger partial charge on any atom is -0.481 e. The van der Waals surface area contributed by atoms with Crippen molar-refractivity contribution in [2.45, 2.75) is 31.4 Å². The molecule has 2 aliphatic rings. The van der Waals surface area contributed by atoms with Crippen LogP contribution < -0.4 is 0 Å². The molecule has 10 heteroatoms. The van der Waals surface area contributed by atoms with E-state index in [2.05, 4.69) is 10.3 Å². The highest BCUT2D eigenvalue weighted by Gasteiger charge is 2.39. The molecule has 2 aromatic rings. The molecule has 148 valence electrons. The van der Waals surface area contributed by atoms with E-state index in [1.807, 2.05) is 0 Å². The zero-order valence-corrected chi connectivity index (χ0v) is 14.7. The first-order valence-electron chi connectivity index (χ1n) is 8.91. The van der Waals surface area contributed by atoms with Gasteiger partial charge >= 0.3 is 12.1 Å². The number of carboxylic acids is 1. The smallest absolute Gasteiger partial charge is 0.416 e. The van der Waals surface area contributed by atoms with Crippen molar-refractivity contribution in [3.8, 4) is 5.69 Å². The van der Waals surface area contributed by atoms with Gasteiger partial charge in [-0.15, -0.1) is 5.10 Å². The van der Waals surface area contributed by atoms with Crippen molar-refractivity contribution in [2.75, 3.05) is 13.1 Å². The molecule has 1 unspecified atom stereocenters. The van der Waals surface area contributed by atoms with E-state index in [9.17, 15) is 22.8 Å². The lowest BCUT2D eigenvalue weighted by Crippen LogP contribution is -2.31. The Kier molecular flexibility index (Phi) is 4.35. The highest BCUT2D eigenvalue weighted by atomic mass is 19.4. The minimum absolute atomic E-state index is 0.00127. The largest absolute Gasteiger partial charge is 0.481 e. The molecule has 1 atom stereocenters. The summed E-state index contributed by atoms with van der Waals surface area (Å²) in [5, 5.41) is 17.0. The van der Waals surface area contributed by atoms with Gasteiger partial charge in [0.15, 0.2) is 5.69 Å². The first-order chi connectivity index (χ1) is 13.3. The van der Waals surface area contributed by atoms with Gasteiger partial charge < -0.3 is 10.0 Å². The number of hydrogen-bond donors (Lipinski definition) is 1. The van der Waals surface area contributed by atoms with Crippen molar-refractivity contribution >= 4 is 11.9 Å². The predicted molar refractivity (Wildman–Crippen MR) is 90.0 cm³/mol. The number of hydrogen-bond acceptors (Lipinski definition) is 4. The SMILES string of the molecule is O=C(O)C1CCN(C(=O)c2nnn(-c3cccc(C(F)(F)F)c3)c2C2CC2)C1. The van der Waals surface area contributed by atoms with Gasteiger partial charge in [-0.25, -0.2) is 4.68 Å². The van der Waals surface area contributed by atoms with E-state index >= 15 is 0 Å². The van der Waals surface area contributed by atoms with Crippen LogP contribution in [0.15, 0.2) is 24.3 Å². The fourth-order valence-electron chi connectivity index (χ4n) is 3.47. The second-order valence-electron chi connectivity index (χ2n) is 7.13. The summed E-state index contributed by atoms with van der Waals surface area (Å²) in [6, 6.07) is 4.72. The van der Waals surface area contributed by atoms with E-state index in [1.165, 1.54) is 21.7 Å². The van der Waals surface area contributed by atoms with Crippen LogP contribution in [0.2, 0.25) is 0 Å². The van der Waals surface area contributed by atoms with E-state index in [4.69, 9.17) is 5.11 Å². The lowest BCUT2D eigenvalue weighted by molar-refractivity contribution is -0.141. The zero-order chi connectivity index (χ0) is 20.1. The molecule has 28 heavy (non-hydrogen) atoms. The normalized spacial score (nSPS) is 19.8. The van der Waals surface area contributed by atoms with Crippen LogP contribution in [0, 0.1) is 5.92 Å². The maximum atomic E-state index is 13.0. The molecule has 0 bridgehead atoms. The van der Waals surface area contributed by atoms with Crippen LogP contribution in [0.5, 0.6) is 0 Å². The molecule has 2 heterocycles. The molecule has 2 fully saturated rings. The summed E-state index contributed by atoms with van der Waals surface area (Å²) in [5.41, 5.74) is -0.0406. The van der Waals surface area contributed by atoms with Crippen molar-refractivity contribution in [3.05, 3.63) is 41.2 Å². The van der Waals surface area contributed by atoms with Gasteiger partial charge in [-0.1, -0.05) is 11.3 Å². The number of likely N-dealkylation sites (tertiary alicyclic amines) is 1. The molecule has 7 nitrogen and oxygen atoms in total. The van der Waals surface area contributed by atoms with Gasteiger partial charge in [-0.05, 0) is 37.5 Å². The van der Waals surface area contributed by atoms with Gasteiger partial charge in [0.05, 0.1) is 22.9 Å². The summed E-state index contributed by atoms with van der Waals surface area (Å²) in [7, 11) is 0. The Bertz CT molecular complexity index is 936. The molecule has 1 aromatic heterocycles. The topological polar surface area (TPSA) is 88.3 Å². The fourth-order valence-corrected chi connectivity index (χ4v) is 3.47. The van der Waals surface area contributed by atoms with Gasteiger partial charge in [-0.3, -0.25) is 9.59 Å². The van der Waals surface area contributed by atoms with Crippen LogP contribution >= 0.6 is 0 Å². The van der Waals surface area contributed by atoms with Crippen molar-refractivity contribution in [3.63, 3.8) is 0 Å². The number of aliphatic carboxylic acids is 1. The first kappa shape index (κ1) is 18.5. The van der Waals surface area contributed by atoms with Crippen LogP contribution in [-0.4, -0.2) is 50.0 Å². The second kappa shape index (κ2) is 6.61. The molecule has 1 saturated heterocycles. The Hall–Kier alpha value is -2.91. The number of alkyl halides is 3. The number of halogens is 3. The summed E-state index contributed by atoms with van der Waals surface area (Å²) in [5.74, 6) is -2.00. The summed E-state index contributed by atoms with van der Waals surface area (Å²) >= 11 is 0. The number of carbonyl (C=O) groups is 2. The third kappa shape index (κ3) is 3.34. The summed E-state index contributed by atoms with van der Waals surface area (Å²) in [6.07, 6.45) is -2.54. The Labute approximate surface area is 157 Å². The van der Waals surface area contributed by atoms with Crippen molar-refractivity contribution in [2.24, 2.45) is 5.92 Å². The predicted octanol–water partition coefficient (Wildman–Crippen LogP) is 2.71. The van der Waals surface area contributed by atoms with E-state index in [0.717, 1.165) is 25.0 Å².